The maximum absolute atomic E-state index is 13.5. The Balaban J connectivity index is 1.35. The summed E-state index contributed by atoms with van der Waals surface area (Å²) < 4.78 is 6.94. The van der Waals surface area contributed by atoms with Crippen molar-refractivity contribution in [1.82, 2.24) is 9.88 Å². The predicted octanol–water partition coefficient (Wildman–Crippen LogP) is 4.33. The number of methoxy groups -OCH3 is 1. The third kappa shape index (κ3) is 4.78. The van der Waals surface area contributed by atoms with Crippen molar-refractivity contribution in [3.63, 3.8) is 0 Å². The van der Waals surface area contributed by atoms with E-state index >= 15 is 0 Å². The number of para-hydroxylation sites is 1. The molecule has 35 heavy (non-hydrogen) atoms. The van der Waals surface area contributed by atoms with Crippen molar-refractivity contribution in [2.24, 2.45) is 5.92 Å². The van der Waals surface area contributed by atoms with Crippen molar-refractivity contribution < 1.29 is 9.53 Å². The van der Waals surface area contributed by atoms with Gasteiger partial charge in [-0.1, -0.05) is 36.4 Å². The molecule has 178 valence electrons. The number of carbonyl (C=O) groups excluding carboxylic acids is 1. The number of nitrogen functional groups attached to an aromatic ring is 1. The van der Waals surface area contributed by atoms with Crippen LogP contribution in [0.15, 0.2) is 77.6 Å². The van der Waals surface area contributed by atoms with Crippen molar-refractivity contribution in [3.8, 4) is 5.75 Å². The number of ether oxygens (including phenoxy) is 1. The van der Waals surface area contributed by atoms with Crippen LogP contribution < -0.4 is 21.3 Å². The number of hydrogen-bond donors (Lipinski definition) is 2. The van der Waals surface area contributed by atoms with Crippen LogP contribution in [0.4, 0.5) is 5.69 Å². The van der Waals surface area contributed by atoms with Crippen molar-refractivity contribution in [2.45, 2.75) is 32.4 Å². The summed E-state index contributed by atoms with van der Waals surface area (Å²) in [5, 5.41) is 3.77. The molecule has 1 aromatic heterocycles. The Labute approximate surface area is 204 Å². The van der Waals surface area contributed by atoms with Crippen LogP contribution in [0.3, 0.4) is 0 Å². The van der Waals surface area contributed by atoms with Gasteiger partial charge in [0.1, 0.15) is 11.3 Å². The Morgan fingerprint density at radius 2 is 1.80 bits per heavy atom. The van der Waals surface area contributed by atoms with Crippen molar-refractivity contribution in [1.29, 1.82) is 0 Å². The van der Waals surface area contributed by atoms with Gasteiger partial charge < -0.3 is 20.4 Å². The number of nitrogens with one attached hydrogen (secondary N) is 1. The van der Waals surface area contributed by atoms with E-state index in [2.05, 4.69) is 17.4 Å². The Morgan fingerprint density at radius 1 is 1.03 bits per heavy atom. The second kappa shape index (κ2) is 9.66. The second-order valence-electron chi connectivity index (χ2n) is 9.20. The molecule has 0 bridgehead atoms. The highest BCUT2D eigenvalue weighted by Gasteiger charge is 2.22. The number of nitrogens with zero attached hydrogens (tertiary/aromatic N) is 1. The summed E-state index contributed by atoms with van der Waals surface area (Å²) in [6.07, 6.45) is 2.81. The quantitative estimate of drug-likeness (QED) is 0.396. The van der Waals surface area contributed by atoms with Gasteiger partial charge in [0, 0.05) is 18.8 Å². The van der Waals surface area contributed by atoms with E-state index in [1.54, 1.807) is 17.7 Å². The van der Waals surface area contributed by atoms with Crippen LogP contribution in [0.25, 0.3) is 10.9 Å². The molecule has 6 nitrogen and oxygen atoms in total. The van der Waals surface area contributed by atoms with E-state index in [0.717, 1.165) is 47.2 Å². The van der Waals surface area contributed by atoms with Crippen LogP contribution in [0.2, 0.25) is 0 Å². The fourth-order valence-corrected chi connectivity index (χ4v) is 4.98. The molecular formula is C29H29N3O3. The zero-order valence-corrected chi connectivity index (χ0v) is 19.8. The summed E-state index contributed by atoms with van der Waals surface area (Å²) in [6.45, 7) is 0.894. The lowest BCUT2D eigenvalue weighted by Gasteiger charge is -2.15. The summed E-state index contributed by atoms with van der Waals surface area (Å²) in [5.74, 6) is 0.838. The molecule has 1 amide bonds. The number of nitrogens with two attached hydrogens (primary N) is 1. The van der Waals surface area contributed by atoms with E-state index in [1.165, 1.54) is 11.1 Å². The number of benzene rings is 3. The Bertz CT molecular complexity index is 1440. The number of rotatable bonds is 7. The van der Waals surface area contributed by atoms with E-state index in [9.17, 15) is 9.59 Å². The Morgan fingerprint density at radius 3 is 2.60 bits per heavy atom. The highest BCUT2D eigenvalue weighted by molar-refractivity contribution is 5.97. The molecule has 0 fully saturated rings. The molecule has 3 N–H and O–H groups in total. The molecule has 1 heterocycles. The van der Waals surface area contributed by atoms with Gasteiger partial charge in [-0.15, -0.1) is 0 Å². The fourth-order valence-electron chi connectivity index (χ4n) is 4.98. The largest absolute Gasteiger partial charge is 0.497 e. The number of hydrogen-bond acceptors (Lipinski definition) is 4. The molecule has 1 unspecified atom stereocenters. The number of carbonyl (C=O) groups is 1. The molecule has 0 saturated heterocycles. The van der Waals surface area contributed by atoms with Crippen molar-refractivity contribution in [3.05, 3.63) is 105 Å². The van der Waals surface area contributed by atoms with Crippen LogP contribution in [0.1, 0.15) is 33.5 Å². The van der Waals surface area contributed by atoms with Gasteiger partial charge in [-0.3, -0.25) is 9.59 Å². The fraction of sp³-hybridized carbons (Fsp3) is 0.241. The number of aromatic nitrogens is 1. The molecule has 0 saturated carbocycles. The number of aryl methyl sites for hydroxylation is 1. The van der Waals surface area contributed by atoms with Crippen molar-refractivity contribution in [2.75, 3.05) is 12.8 Å². The van der Waals surface area contributed by atoms with Gasteiger partial charge in [0.05, 0.1) is 12.6 Å². The molecule has 0 spiro atoms. The van der Waals surface area contributed by atoms with Gasteiger partial charge in [0.2, 0.25) is 0 Å². The van der Waals surface area contributed by atoms with Gasteiger partial charge in [0.15, 0.2) is 0 Å². The highest BCUT2D eigenvalue weighted by Crippen LogP contribution is 2.30. The number of pyridine rings is 1. The van der Waals surface area contributed by atoms with Crippen LogP contribution in [-0.2, 0) is 25.9 Å². The zero-order valence-electron chi connectivity index (χ0n) is 19.8. The Kier molecular flexibility index (Phi) is 6.27. The van der Waals surface area contributed by atoms with Crippen LogP contribution in [0.5, 0.6) is 5.75 Å². The molecule has 3 aromatic carbocycles. The topological polar surface area (TPSA) is 86.3 Å². The van der Waals surface area contributed by atoms with Crippen LogP contribution in [-0.4, -0.2) is 17.6 Å². The second-order valence-corrected chi connectivity index (χ2v) is 9.20. The van der Waals surface area contributed by atoms with E-state index < -0.39 is 0 Å². The van der Waals surface area contributed by atoms with Crippen LogP contribution in [0, 0.1) is 5.92 Å². The molecular weight excluding hydrogens is 438 g/mol. The Hall–Kier alpha value is -4.06. The normalized spacial score (nSPS) is 14.6. The number of amides is 1. The predicted molar refractivity (Wildman–Crippen MR) is 139 cm³/mol. The monoisotopic (exact) mass is 467 g/mol. The first-order chi connectivity index (χ1) is 17.0. The first-order valence-corrected chi connectivity index (χ1v) is 11.9. The zero-order chi connectivity index (χ0) is 24.4. The van der Waals surface area contributed by atoms with Gasteiger partial charge in [-0.05, 0) is 83.7 Å². The summed E-state index contributed by atoms with van der Waals surface area (Å²) in [7, 11) is 1.61. The minimum Gasteiger partial charge on any atom is -0.497 e. The molecule has 6 heteroatoms. The van der Waals surface area contributed by atoms with Gasteiger partial charge in [0.25, 0.3) is 11.5 Å². The lowest BCUT2D eigenvalue weighted by atomic mass is 10.0. The molecule has 4 aromatic rings. The highest BCUT2D eigenvalue weighted by atomic mass is 16.5. The van der Waals surface area contributed by atoms with Gasteiger partial charge >= 0.3 is 0 Å². The SMILES string of the molecule is COc1ccc(CNC(=O)c2cc3ccccc3n(CCC3Cc4ccc(N)cc4C3)c2=O)cc1. The van der Waals surface area contributed by atoms with E-state index in [1.807, 2.05) is 54.6 Å². The standard InChI is InChI=1S/C29H29N3O3/c1-35-25-10-6-19(7-11-25)18-31-28(33)26-17-22-4-2-3-5-27(22)32(29(26)34)13-12-20-14-21-8-9-24(30)16-23(21)15-20/h2-11,16-17,20H,12-15,18,30H2,1H3,(H,31,33). The van der Waals surface area contributed by atoms with Gasteiger partial charge in [-0.25, -0.2) is 0 Å². The average molecular weight is 468 g/mol. The maximum atomic E-state index is 13.5. The number of fused-ring (bicyclic) bond motifs is 2. The maximum Gasteiger partial charge on any atom is 0.263 e. The van der Waals surface area contributed by atoms with Crippen molar-refractivity contribution >= 4 is 22.5 Å². The molecule has 0 aliphatic heterocycles. The lowest BCUT2D eigenvalue weighted by molar-refractivity contribution is 0.0949. The first-order valence-electron chi connectivity index (χ1n) is 11.9. The number of anilines is 1. The lowest BCUT2D eigenvalue weighted by Crippen LogP contribution is -2.33. The molecule has 0 radical (unpaired) electrons. The van der Waals surface area contributed by atoms with E-state index in [4.69, 9.17) is 10.5 Å². The van der Waals surface area contributed by atoms with Crippen LogP contribution >= 0.6 is 0 Å². The summed E-state index contributed by atoms with van der Waals surface area (Å²) in [4.78, 5) is 26.5. The summed E-state index contributed by atoms with van der Waals surface area (Å²) in [5.41, 5.74) is 11.1. The summed E-state index contributed by atoms with van der Waals surface area (Å²) in [6, 6.07) is 23.0. The minimum absolute atomic E-state index is 0.166. The summed E-state index contributed by atoms with van der Waals surface area (Å²) >= 11 is 0. The van der Waals surface area contributed by atoms with E-state index in [0.29, 0.717) is 19.0 Å². The smallest absolute Gasteiger partial charge is 0.263 e. The average Bonchev–Trinajstić information content (AvgIpc) is 3.28. The third-order valence-corrected chi connectivity index (χ3v) is 6.87. The minimum atomic E-state index is -0.367. The molecule has 5 rings (SSSR count). The molecule has 1 aliphatic carbocycles. The molecule has 1 atom stereocenters. The molecule has 1 aliphatic rings. The first kappa shape index (κ1) is 22.7. The van der Waals surface area contributed by atoms with E-state index in [-0.39, 0.29) is 17.0 Å². The van der Waals surface area contributed by atoms with Gasteiger partial charge in [-0.2, -0.15) is 0 Å². The third-order valence-electron chi connectivity index (χ3n) is 6.87.